The van der Waals surface area contributed by atoms with Crippen molar-refractivity contribution < 1.29 is 24.2 Å². The predicted molar refractivity (Wildman–Crippen MR) is 86.6 cm³/mol. The van der Waals surface area contributed by atoms with Crippen LogP contribution in [0.5, 0.6) is 5.75 Å². The predicted octanol–water partition coefficient (Wildman–Crippen LogP) is 1.31. The van der Waals surface area contributed by atoms with Crippen LogP contribution >= 0.6 is 0 Å². The molecule has 2 unspecified atom stereocenters. The Hall–Kier alpha value is -2.57. The van der Waals surface area contributed by atoms with E-state index in [1.807, 2.05) is 0 Å². The van der Waals surface area contributed by atoms with Crippen LogP contribution in [0.3, 0.4) is 0 Å². The topological polar surface area (TPSA) is 119 Å². The highest BCUT2D eigenvalue weighted by Crippen LogP contribution is 2.34. The van der Waals surface area contributed by atoms with E-state index in [4.69, 9.17) is 10.5 Å². The van der Waals surface area contributed by atoms with Crippen molar-refractivity contribution in [3.8, 4) is 5.75 Å². The highest BCUT2D eigenvalue weighted by molar-refractivity contribution is 5.95. The van der Waals surface area contributed by atoms with E-state index in [0.717, 1.165) is 12.8 Å². The van der Waals surface area contributed by atoms with Crippen LogP contribution in [-0.4, -0.2) is 35.0 Å². The molecule has 0 saturated heterocycles. The SMILES string of the molecule is CC1(NC(=O)c2ccc(OCC(N)=O)cc2)CCCCC1C(=O)O. The second-order valence-electron chi connectivity index (χ2n) is 6.29. The maximum absolute atomic E-state index is 12.4. The van der Waals surface area contributed by atoms with Crippen molar-refractivity contribution >= 4 is 17.8 Å². The van der Waals surface area contributed by atoms with Crippen molar-refractivity contribution in [1.29, 1.82) is 0 Å². The molecular formula is C17H22N2O5. The third-order valence-electron chi connectivity index (χ3n) is 4.40. The maximum Gasteiger partial charge on any atom is 0.308 e. The summed E-state index contributed by atoms with van der Waals surface area (Å²) in [5.74, 6) is -1.95. The van der Waals surface area contributed by atoms with Gasteiger partial charge in [0, 0.05) is 5.56 Å². The molecular weight excluding hydrogens is 312 g/mol. The summed E-state index contributed by atoms with van der Waals surface area (Å²) in [6, 6.07) is 6.26. The molecule has 1 aliphatic rings. The summed E-state index contributed by atoms with van der Waals surface area (Å²) in [6.45, 7) is 1.55. The molecule has 0 aliphatic heterocycles. The Labute approximate surface area is 140 Å². The highest BCUT2D eigenvalue weighted by atomic mass is 16.5. The van der Waals surface area contributed by atoms with Gasteiger partial charge in [0.1, 0.15) is 5.75 Å². The number of carbonyl (C=O) groups is 3. The lowest BCUT2D eigenvalue weighted by Crippen LogP contribution is -2.55. The molecule has 7 nitrogen and oxygen atoms in total. The lowest BCUT2D eigenvalue weighted by Gasteiger charge is -2.39. The van der Waals surface area contributed by atoms with Crippen molar-refractivity contribution in [1.82, 2.24) is 5.32 Å². The number of ether oxygens (including phenoxy) is 1. The summed E-state index contributed by atoms with van der Waals surface area (Å²) in [4.78, 5) is 34.6. The monoisotopic (exact) mass is 334 g/mol. The Morgan fingerprint density at radius 2 is 1.96 bits per heavy atom. The third-order valence-corrected chi connectivity index (χ3v) is 4.40. The first-order chi connectivity index (χ1) is 11.3. The number of amides is 2. The summed E-state index contributed by atoms with van der Waals surface area (Å²) in [5, 5.41) is 12.3. The van der Waals surface area contributed by atoms with Gasteiger partial charge in [0.05, 0.1) is 11.5 Å². The largest absolute Gasteiger partial charge is 0.484 e. The van der Waals surface area contributed by atoms with Gasteiger partial charge in [-0.1, -0.05) is 12.8 Å². The molecule has 130 valence electrons. The van der Waals surface area contributed by atoms with Crippen LogP contribution in [0.15, 0.2) is 24.3 Å². The number of nitrogens with two attached hydrogens (primary N) is 1. The second kappa shape index (κ2) is 7.33. The number of aliphatic carboxylic acids is 1. The molecule has 1 saturated carbocycles. The molecule has 4 N–H and O–H groups in total. The molecule has 0 heterocycles. The number of benzene rings is 1. The number of carboxylic acids is 1. The third kappa shape index (κ3) is 4.24. The minimum absolute atomic E-state index is 0.232. The van der Waals surface area contributed by atoms with Crippen molar-refractivity contribution in [2.75, 3.05) is 6.61 Å². The highest BCUT2D eigenvalue weighted by Gasteiger charge is 2.42. The summed E-state index contributed by atoms with van der Waals surface area (Å²) in [7, 11) is 0. The van der Waals surface area contributed by atoms with Gasteiger partial charge in [0.2, 0.25) is 0 Å². The zero-order valence-electron chi connectivity index (χ0n) is 13.6. The maximum atomic E-state index is 12.4. The van der Waals surface area contributed by atoms with Crippen LogP contribution in [0, 0.1) is 5.92 Å². The minimum Gasteiger partial charge on any atom is -0.484 e. The van der Waals surface area contributed by atoms with Crippen molar-refractivity contribution in [3.63, 3.8) is 0 Å². The molecule has 2 rings (SSSR count). The van der Waals surface area contributed by atoms with Gasteiger partial charge >= 0.3 is 5.97 Å². The zero-order chi connectivity index (χ0) is 17.7. The van der Waals surface area contributed by atoms with Gasteiger partial charge in [-0.05, 0) is 44.0 Å². The molecule has 0 spiro atoms. The summed E-state index contributed by atoms with van der Waals surface area (Å²) >= 11 is 0. The molecule has 24 heavy (non-hydrogen) atoms. The molecule has 7 heteroatoms. The number of hydrogen-bond donors (Lipinski definition) is 3. The first-order valence-electron chi connectivity index (χ1n) is 7.88. The molecule has 2 amide bonds. The van der Waals surface area contributed by atoms with Crippen molar-refractivity contribution in [2.45, 2.75) is 38.1 Å². The first kappa shape index (κ1) is 17.8. The fourth-order valence-corrected chi connectivity index (χ4v) is 3.07. The molecule has 0 radical (unpaired) electrons. The average molecular weight is 334 g/mol. The summed E-state index contributed by atoms with van der Waals surface area (Å²) in [6.07, 6.45) is 2.94. The van der Waals surface area contributed by atoms with Gasteiger partial charge in [0.25, 0.3) is 11.8 Å². The van der Waals surface area contributed by atoms with E-state index < -0.39 is 23.3 Å². The lowest BCUT2D eigenvalue weighted by molar-refractivity contribution is -0.145. The Kier molecular flexibility index (Phi) is 5.43. The van der Waals surface area contributed by atoms with E-state index >= 15 is 0 Å². The second-order valence-corrected chi connectivity index (χ2v) is 6.29. The normalized spacial score (nSPS) is 23.3. The van der Waals surface area contributed by atoms with Crippen LogP contribution < -0.4 is 15.8 Å². The van der Waals surface area contributed by atoms with Crippen LogP contribution in [0.25, 0.3) is 0 Å². The minimum atomic E-state index is -0.882. The van der Waals surface area contributed by atoms with E-state index in [9.17, 15) is 19.5 Å². The van der Waals surface area contributed by atoms with Gasteiger partial charge in [-0.3, -0.25) is 14.4 Å². The van der Waals surface area contributed by atoms with E-state index in [2.05, 4.69) is 5.32 Å². The average Bonchev–Trinajstić information content (AvgIpc) is 2.53. The number of carboxylic acid groups (broad SMARTS) is 1. The van der Waals surface area contributed by atoms with Gasteiger partial charge in [-0.2, -0.15) is 0 Å². The van der Waals surface area contributed by atoms with E-state index in [1.54, 1.807) is 31.2 Å². The smallest absolute Gasteiger partial charge is 0.308 e. The molecule has 2 atom stereocenters. The molecule has 1 aromatic rings. The van der Waals surface area contributed by atoms with Gasteiger partial charge in [-0.25, -0.2) is 0 Å². The fourth-order valence-electron chi connectivity index (χ4n) is 3.07. The van der Waals surface area contributed by atoms with Gasteiger partial charge in [0.15, 0.2) is 6.61 Å². The van der Waals surface area contributed by atoms with Gasteiger partial charge in [-0.15, -0.1) is 0 Å². The molecule has 1 fully saturated rings. The van der Waals surface area contributed by atoms with Crippen LogP contribution in [0.1, 0.15) is 43.0 Å². The summed E-state index contributed by atoms with van der Waals surface area (Å²) in [5.41, 5.74) is 4.64. The van der Waals surface area contributed by atoms with E-state index in [0.29, 0.717) is 24.2 Å². The first-order valence-corrected chi connectivity index (χ1v) is 7.88. The number of carbonyl (C=O) groups excluding carboxylic acids is 2. The Morgan fingerprint density at radius 1 is 1.29 bits per heavy atom. The number of primary amides is 1. The van der Waals surface area contributed by atoms with Gasteiger partial charge < -0.3 is 20.9 Å². The lowest BCUT2D eigenvalue weighted by atomic mass is 9.73. The number of nitrogens with one attached hydrogen (secondary N) is 1. The Morgan fingerprint density at radius 3 is 2.54 bits per heavy atom. The van der Waals surface area contributed by atoms with Crippen LogP contribution in [0.2, 0.25) is 0 Å². The molecule has 0 bridgehead atoms. The quantitative estimate of drug-likeness (QED) is 0.725. The van der Waals surface area contributed by atoms with Crippen molar-refractivity contribution in [2.24, 2.45) is 11.7 Å². The van der Waals surface area contributed by atoms with Crippen molar-refractivity contribution in [3.05, 3.63) is 29.8 Å². The Bertz CT molecular complexity index is 628. The zero-order valence-corrected chi connectivity index (χ0v) is 13.6. The van der Waals surface area contributed by atoms with E-state index in [-0.39, 0.29) is 12.5 Å². The molecule has 1 aromatic carbocycles. The van der Waals surface area contributed by atoms with Crippen LogP contribution in [-0.2, 0) is 9.59 Å². The summed E-state index contributed by atoms with van der Waals surface area (Å²) < 4.78 is 5.14. The van der Waals surface area contributed by atoms with Crippen LogP contribution in [0.4, 0.5) is 0 Å². The standard InChI is InChI=1S/C17H22N2O5/c1-17(9-3-2-4-13(17)16(22)23)19-15(21)11-5-7-12(8-6-11)24-10-14(18)20/h5-8,13H,2-4,9-10H2,1H3,(H2,18,20)(H,19,21)(H,22,23). The molecule has 0 aromatic heterocycles. The number of rotatable bonds is 6. The Balaban J connectivity index is 2.05. The molecule has 1 aliphatic carbocycles. The van der Waals surface area contributed by atoms with E-state index in [1.165, 1.54) is 0 Å². The fraction of sp³-hybridized carbons (Fsp3) is 0.471. The number of hydrogen-bond acceptors (Lipinski definition) is 4.